The Labute approximate surface area is 145 Å². The van der Waals surface area contributed by atoms with Gasteiger partial charge in [0.25, 0.3) is 5.09 Å². The minimum absolute atomic E-state index is 0.0324. The van der Waals surface area contributed by atoms with Gasteiger partial charge in [0.1, 0.15) is 11.8 Å². The molecule has 0 N–H and O–H groups in total. The molecule has 0 atom stereocenters. The summed E-state index contributed by atoms with van der Waals surface area (Å²) in [5, 5.41) is 8.80. The molecule has 3 aromatic rings. The number of nitriles is 1. The van der Waals surface area contributed by atoms with Gasteiger partial charge in [-0.05, 0) is 37.3 Å². The Bertz CT molecular complexity index is 1060. The van der Waals surface area contributed by atoms with Crippen LogP contribution in [0.25, 0.3) is 11.5 Å². The summed E-state index contributed by atoms with van der Waals surface area (Å²) in [5.74, 6) is 0.468. The van der Waals surface area contributed by atoms with Gasteiger partial charge in [0.05, 0.1) is 12.0 Å². The van der Waals surface area contributed by atoms with E-state index >= 15 is 0 Å². The van der Waals surface area contributed by atoms with E-state index in [1.54, 1.807) is 30.3 Å². The first-order chi connectivity index (χ1) is 12.0. The van der Waals surface area contributed by atoms with E-state index in [1.807, 2.05) is 19.1 Å². The lowest BCUT2D eigenvalue weighted by Gasteiger charge is -2.04. The molecule has 0 aliphatic rings. The predicted octanol–water partition coefficient (Wildman–Crippen LogP) is 3.36. The zero-order chi connectivity index (χ0) is 18.0. The average molecular weight is 354 g/mol. The lowest BCUT2D eigenvalue weighted by molar-refractivity contribution is 0.413. The van der Waals surface area contributed by atoms with Gasteiger partial charge >= 0.3 is 0 Å². The number of aromatic nitrogens is 1. The molecule has 0 unspecified atom stereocenters. The highest BCUT2D eigenvalue weighted by Crippen LogP contribution is 2.30. The molecule has 1 heterocycles. The summed E-state index contributed by atoms with van der Waals surface area (Å²) in [6, 6.07) is 14.9. The van der Waals surface area contributed by atoms with E-state index in [-0.39, 0.29) is 16.5 Å². The third-order valence-electron chi connectivity index (χ3n) is 3.60. The van der Waals surface area contributed by atoms with Crippen LogP contribution < -0.4 is 4.74 Å². The molecule has 25 heavy (non-hydrogen) atoms. The molecule has 126 valence electrons. The maximum absolute atomic E-state index is 12.8. The quantitative estimate of drug-likeness (QED) is 0.713. The standard InChI is InChI=1S/C18H14N2O4S/c1-12-6-8-13(9-7-12)17-20-16(11-19)18(24-17)25(21,22)15-5-3-4-14(10-15)23-2/h3-10H,1-2H3. The molecule has 0 aliphatic carbocycles. The zero-order valence-corrected chi connectivity index (χ0v) is 14.4. The highest BCUT2D eigenvalue weighted by molar-refractivity contribution is 7.91. The van der Waals surface area contributed by atoms with Crippen LogP contribution in [0.4, 0.5) is 0 Å². The molecule has 2 aromatic carbocycles. The smallest absolute Gasteiger partial charge is 0.261 e. The third kappa shape index (κ3) is 3.12. The maximum atomic E-state index is 12.8. The molecule has 7 heteroatoms. The fraction of sp³-hybridized carbons (Fsp3) is 0.111. The van der Waals surface area contributed by atoms with Gasteiger partial charge in [0.15, 0.2) is 5.69 Å². The lowest BCUT2D eigenvalue weighted by Crippen LogP contribution is -2.03. The van der Waals surface area contributed by atoms with Gasteiger partial charge in [0, 0.05) is 5.56 Å². The number of hydrogen-bond acceptors (Lipinski definition) is 6. The minimum atomic E-state index is -4.04. The Morgan fingerprint density at radius 2 is 1.88 bits per heavy atom. The number of benzene rings is 2. The first-order valence-corrected chi connectivity index (χ1v) is 8.81. The number of nitrogens with zero attached hydrogens (tertiary/aromatic N) is 2. The molecular formula is C18H14N2O4S. The topological polar surface area (TPSA) is 93.2 Å². The van der Waals surface area contributed by atoms with Crippen LogP contribution in [0.3, 0.4) is 0 Å². The Morgan fingerprint density at radius 1 is 1.16 bits per heavy atom. The highest BCUT2D eigenvalue weighted by Gasteiger charge is 2.29. The largest absolute Gasteiger partial charge is 0.497 e. The van der Waals surface area contributed by atoms with Gasteiger partial charge < -0.3 is 9.15 Å². The summed E-state index contributed by atoms with van der Waals surface area (Å²) in [4.78, 5) is 3.99. The third-order valence-corrected chi connectivity index (χ3v) is 5.24. The van der Waals surface area contributed by atoms with Gasteiger partial charge in [-0.2, -0.15) is 10.2 Å². The van der Waals surface area contributed by atoms with Crippen molar-refractivity contribution in [3.63, 3.8) is 0 Å². The second-order valence-corrected chi connectivity index (χ2v) is 7.16. The summed E-state index contributed by atoms with van der Waals surface area (Å²) in [5.41, 5.74) is 1.35. The van der Waals surface area contributed by atoms with Crippen molar-refractivity contribution in [2.75, 3.05) is 7.11 Å². The molecule has 0 saturated heterocycles. The first-order valence-electron chi connectivity index (χ1n) is 7.33. The molecule has 0 amide bonds. The van der Waals surface area contributed by atoms with Gasteiger partial charge in [-0.3, -0.25) is 0 Å². The fourth-order valence-corrected chi connectivity index (χ4v) is 3.53. The van der Waals surface area contributed by atoms with Gasteiger partial charge in [-0.25, -0.2) is 8.42 Å². The maximum Gasteiger partial charge on any atom is 0.261 e. The molecular weight excluding hydrogens is 340 g/mol. The van der Waals surface area contributed by atoms with Crippen molar-refractivity contribution in [1.29, 1.82) is 5.26 Å². The Kier molecular flexibility index (Phi) is 4.30. The van der Waals surface area contributed by atoms with Crippen molar-refractivity contribution in [2.24, 2.45) is 0 Å². The van der Waals surface area contributed by atoms with Crippen LogP contribution in [0.2, 0.25) is 0 Å². The summed E-state index contributed by atoms with van der Waals surface area (Å²) in [6.45, 7) is 1.93. The molecule has 0 spiro atoms. The first kappa shape index (κ1) is 16.7. The number of sulfone groups is 1. The van der Waals surface area contributed by atoms with Crippen LogP contribution in [0, 0.1) is 18.3 Å². The summed E-state index contributed by atoms with van der Waals surface area (Å²) >= 11 is 0. The number of oxazole rings is 1. The number of rotatable bonds is 4. The average Bonchev–Trinajstić information content (AvgIpc) is 3.07. The summed E-state index contributed by atoms with van der Waals surface area (Å²) in [6.07, 6.45) is 0. The zero-order valence-electron chi connectivity index (χ0n) is 13.6. The van der Waals surface area contributed by atoms with Crippen molar-refractivity contribution in [3.8, 4) is 23.3 Å². The van der Waals surface area contributed by atoms with Crippen LogP contribution in [0.15, 0.2) is 62.9 Å². The Hall–Kier alpha value is -3.11. The fourth-order valence-electron chi connectivity index (χ4n) is 2.25. The van der Waals surface area contributed by atoms with Crippen molar-refractivity contribution >= 4 is 9.84 Å². The monoisotopic (exact) mass is 354 g/mol. The van der Waals surface area contributed by atoms with E-state index in [0.29, 0.717) is 11.3 Å². The van der Waals surface area contributed by atoms with E-state index in [1.165, 1.54) is 19.2 Å². The van der Waals surface area contributed by atoms with E-state index in [9.17, 15) is 13.7 Å². The number of ether oxygens (including phenoxy) is 1. The lowest BCUT2D eigenvalue weighted by atomic mass is 10.1. The van der Waals surface area contributed by atoms with Crippen LogP contribution in [0.1, 0.15) is 11.3 Å². The van der Waals surface area contributed by atoms with Gasteiger partial charge in [0.2, 0.25) is 15.7 Å². The molecule has 0 aliphatic heterocycles. The molecule has 0 fully saturated rings. The van der Waals surface area contributed by atoms with Crippen molar-refractivity contribution in [3.05, 3.63) is 59.8 Å². The second kappa shape index (κ2) is 6.42. The molecule has 0 saturated carbocycles. The summed E-state index contributed by atoms with van der Waals surface area (Å²) in [7, 11) is -2.60. The van der Waals surface area contributed by atoms with Gasteiger partial charge in [-0.1, -0.05) is 23.8 Å². The van der Waals surface area contributed by atoms with Crippen molar-refractivity contribution < 1.29 is 17.6 Å². The SMILES string of the molecule is COc1cccc(S(=O)(=O)c2oc(-c3ccc(C)cc3)nc2C#N)c1. The highest BCUT2D eigenvalue weighted by atomic mass is 32.2. The molecule has 0 radical (unpaired) electrons. The summed E-state index contributed by atoms with van der Waals surface area (Å²) < 4.78 is 36.2. The second-order valence-electron chi connectivity index (χ2n) is 5.32. The van der Waals surface area contributed by atoms with E-state index in [0.717, 1.165) is 5.56 Å². The van der Waals surface area contributed by atoms with E-state index in [2.05, 4.69) is 4.98 Å². The van der Waals surface area contributed by atoms with E-state index in [4.69, 9.17) is 9.15 Å². The van der Waals surface area contributed by atoms with E-state index < -0.39 is 14.9 Å². The number of hydrogen-bond donors (Lipinski definition) is 0. The molecule has 3 rings (SSSR count). The van der Waals surface area contributed by atoms with Crippen LogP contribution >= 0.6 is 0 Å². The molecule has 1 aromatic heterocycles. The van der Waals surface area contributed by atoms with Crippen LogP contribution in [0.5, 0.6) is 5.75 Å². The normalized spacial score (nSPS) is 11.1. The predicted molar refractivity (Wildman–Crippen MR) is 89.8 cm³/mol. The van der Waals surface area contributed by atoms with Crippen LogP contribution in [-0.4, -0.2) is 20.5 Å². The van der Waals surface area contributed by atoms with Crippen LogP contribution in [-0.2, 0) is 9.84 Å². The van der Waals surface area contributed by atoms with Crippen molar-refractivity contribution in [2.45, 2.75) is 16.9 Å². The Balaban J connectivity index is 2.13. The Morgan fingerprint density at radius 3 is 2.52 bits per heavy atom. The van der Waals surface area contributed by atoms with Crippen molar-refractivity contribution in [1.82, 2.24) is 4.98 Å². The molecule has 6 nitrogen and oxygen atoms in total. The number of aryl methyl sites for hydroxylation is 1. The van der Waals surface area contributed by atoms with Gasteiger partial charge in [-0.15, -0.1) is 0 Å². The molecule has 0 bridgehead atoms. The minimum Gasteiger partial charge on any atom is -0.497 e. The number of methoxy groups -OCH3 is 1.